The van der Waals surface area contributed by atoms with Crippen molar-refractivity contribution in [3.63, 3.8) is 0 Å². The van der Waals surface area contributed by atoms with Crippen molar-refractivity contribution < 1.29 is 33.3 Å². The number of nitriles is 1. The molecule has 4 atom stereocenters. The molecule has 45 heavy (non-hydrogen) atoms. The van der Waals surface area contributed by atoms with Gasteiger partial charge in [0.15, 0.2) is 17.4 Å². The number of anilines is 1. The molecule has 2 unspecified atom stereocenters. The first-order chi connectivity index (χ1) is 21.5. The van der Waals surface area contributed by atoms with Crippen LogP contribution in [0.2, 0.25) is 0 Å². The summed E-state index contributed by atoms with van der Waals surface area (Å²) in [5, 5.41) is 16.1. The second kappa shape index (κ2) is 12.6. The predicted octanol–water partition coefficient (Wildman–Crippen LogP) is 4.93. The maximum atomic E-state index is 13.5. The SMILES string of the molecule is Cc1ccc(C(=O)OCC2OC(c3[nH]nc(C#N)c3N)[C@H](OC(=O)c3ccc(C)cc3)[C@]2(C)OC(=O)c2ccc(C)cc2)cc1. The lowest BCUT2D eigenvalue weighted by Gasteiger charge is -2.34. The number of ether oxygens (including phenoxy) is 4. The van der Waals surface area contributed by atoms with E-state index < -0.39 is 41.8 Å². The Bertz CT molecular complexity index is 1760. The number of carbonyl (C=O) groups is 3. The van der Waals surface area contributed by atoms with Gasteiger partial charge in [0.25, 0.3) is 0 Å². The number of nitrogens with one attached hydrogen (secondary N) is 1. The van der Waals surface area contributed by atoms with Crippen molar-refractivity contribution >= 4 is 23.6 Å². The van der Waals surface area contributed by atoms with E-state index >= 15 is 0 Å². The molecule has 4 aromatic rings. The van der Waals surface area contributed by atoms with Crippen molar-refractivity contribution in [3.05, 3.63) is 118 Å². The monoisotopic (exact) mass is 608 g/mol. The number of aryl methyl sites for hydroxylation is 3. The van der Waals surface area contributed by atoms with Crippen LogP contribution in [0.1, 0.15) is 72.2 Å². The third-order valence-corrected chi connectivity index (χ3v) is 7.79. The first kappa shape index (κ1) is 31.0. The lowest BCUT2D eigenvalue weighted by molar-refractivity contribution is -0.0988. The summed E-state index contributed by atoms with van der Waals surface area (Å²) in [6.45, 7) is 6.82. The minimum Gasteiger partial charge on any atom is -0.459 e. The molecule has 5 rings (SSSR count). The maximum absolute atomic E-state index is 13.5. The standard InChI is InChI=1S/C34H32N4O7/c1-19-5-11-22(12-6-19)31(39)42-18-26-34(4,45-33(41)24-15-9-21(3)10-16-24)30(44-32(40)23-13-7-20(2)8-14-23)29(43-26)28-27(36)25(17-35)37-38-28/h5-16,26,29-30H,18,36H2,1-4H3,(H,37,38)/t26?,29?,30-,34+/m0/s1. The average Bonchev–Trinajstić information content (AvgIpc) is 3.52. The van der Waals surface area contributed by atoms with Crippen LogP contribution in [0.25, 0.3) is 0 Å². The Kier molecular flexibility index (Phi) is 8.70. The molecule has 0 radical (unpaired) electrons. The van der Waals surface area contributed by atoms with Crippen LogP contribution in [-0.2, 0) is 18.9 Å². The number of benzene rings is 3. The first-order valence-electron chi connectivity index (χ1n) is 14.2. The van der Waals surface area contributed by atoms with Gasteiger partial charge >= 0.3 is 17.9 Å². The van der Waals surface area contributed by atoms with Crippen LogP contribution in [0.15, 0.2) is 72.8 Å². The van der Waals surface area contributed by atoms with Gasteiger partial charge in [-0.1, -0.05) is 53.1 Å². The van der Waals surface area contributed by atoms with E-state index in [1.54, 1.807) is 72.8 Å². The summed E-state index contributed by atoms with van der Waals surface area (Å²) in [7, 11) is 0. The van der Waals surface area contributed by atoms with Crippen LogP contribution >= 0.6 is 0 Å². The van der Waals surface area contributed by atoms with Gasteiger partial charge < -0.3 is 24.7 Å². The molecule has 1 aliphatic rings. The summed E-state index contributed by atoms with van der Waals surface area (Å²) in [6, 6.07) is 22.2. The number of nitrogens with zero attached hydrogens (tertiary/aromatic N) is 2. The van der Waals surface area contributed by atoms with Crippen molar-refractivity contribution in [3.8, 4) is 6.07 Å². The molecule has 1 fully saturated rings. The number of nitrogen functional groups attached to an aromatic ring is 1. The number of hydrogen-bond acceptors (Lipinski definition) is 10. The molecule has 0 saturated carbocycles. The summed E-state index contributed by atoms with van der Waals surface area (Å²) in [4.78, 5) is 40.0. The highest BCUT2D eigenvalue weighted by Crippen LogP contribution is 2.46. The fourth-order valence-corrected chi connectivity index (χ4v) is 5.01. The predicted molar refractivity (Wildman–Crippen MR) is 162 cm³/mol. The van der Waals surface area contributed by atoms with E-state index in [0.29, 0.717) is 5.56 Å². The average molecular weight is 609 g/mol. The zero-order chi connectivity index (χ0) is 32.3. The van der Waals surface area contributed by atoms with E-state index in [9.17, 15) is 19.6 Å². The molecule has 11 nitrogen and oxygen atoms in total. The van der Waals surface area contributed by atoms with Crippen LogP contribution < -0.4 is 5.73 Å². The van der Waals surface area contributed by atoms with E-state index in [2.05, 4.69) is 10.2 Å². The van der Waals surface area contributed by atoms with Gasteiger partial charge in [-0.25, -0.2) is 14.4 Å². The van der Waals surface area contributed by atoms with Crippen LogP contribution in [0.3, 0.4) is 0 Å². The summed E-state index contributed by atoms with van der Waals surface area (Å²) in [5.74, 6) is -2.07. The van der Waals surface area contributed by atoms with E-state index in [0.717, 1.165) is 16.7 Å². The zero-order valence-electron chi connectivity index (χ0n) is 25.2. The van der Waals surface area contributed by atoms with Crippen molar-refractivity contribution in [1.82, 2.24) is 10.2 Å². The van der Waals surface area contributed by atoms with Crippen LogP contribution in [0, 0.1) is 32.1 Å². The highest BCUT2D eigenvalue weighted by Gasteiger charge is 2.61. The lowest BCUT2D eigenvalue weighted by Crippen LogP contribution is -2.52. The molecule has 0 spiro atoms. The van der Waals surface area contributed by atoms with Crippen molar-refractivity contribution in [2.45, 2.75) is 51.6 Å². The summed E-state index contributed by atoms with van der Waals surface area (Å²) >= 11 is 0. The van der Waals surface area contributed by atoms with Gasteiger partial charge in [-0.15, -0.1) is 0 Å². The molecule has 0 bridgehead atoms. The molecule has 11 heteroatoms. The van der Waals surface area contributed by atoms with Gasteiger partial charge in [-0.2, -0.15) is 10.4 Å². The minimum atomic E-state index is -1.72. The second-order valence-electron chi connectivity index (χ2n) is 11.2. The summed E-state index contributed by atoms with van der Waals surface area (Å²) < 4.78 is 24.1. The van der Waals surface area contributed by atoms with E-state index in [1.807, 2.05) is 26.8 Å². The minimum absolute atomic E-state index is 0.0246. The Morgan fingerprint density at radius 1 is 0.867 bits per heavy atom. The van der Waals surface area contributed by atoms with Gasteiger partial charge in [0.05, 0.1) is 28.1 Å². The number of nitrogens with two attached hydrogens (primary N) is 1. The molecule has 0 aliphatic carbocycles. The molecule has 1 saturated heterocycles. The fourth-order valence-electron chi connectivity index (χ4n) is 5.01. The number of esters is 3. The molecular formula is C34H32N4O7. The molecule has 2 heterocycles. The highest BCUT2D eigenvalue weighted by atomic mass is 16.7. The highest BCUT2D eigenvalue weighted by molar-refractivity contribution is 5.91. The first-order valence-corrected chi connectivity index (χ1v) is 14.2. The van der Waals surface area contributed by atoms with Crippen LogP contribution in [0.5, 0.6) is 0 Å². The quantitative estimate of drug-likeness (QED) is 0.207. The van der Waals surface area contributed by atoms with E-state index in [-0.39, 0.29) is 34.8 Å². The number of rotatable bonds is 8. The topological polar surface area (TPSA) is 167 Å². The molecule has 0 amide bonds. The smallest absolute Gasteiger partial charge is 0.338 e. The lowest BCUT2D eigenvalue weighted by atomic mass is 9.90. The van der Waals surface area contributed by atoms with Crippen molar-refractivity contribution in [1.29, 1.82) is 5.26 Å². The van der Waals surface area contributed by atoms with Crippen molar-refractivity contribution in [2.24, 2.45) is 0 Å². The molecule has 1 aromatic heterocycles. The maximum Gasteiger partial charge on any atom is 0.338 e. The van der Waals surface area contributed by atoms with Gasteiger partial charge in [-0.3, -0.25) is 5.10 Å². The number of hydrogen-bond donors (Lipinski definition) is 2. The Hall–Kier alpha value is -5.47. The van der Waals surface area contributed by atoms with Gasteiger partial charge in [0, 0.05) is 0 Å². The molecule has 3 N–H and O–H groups in total. The molecule has 230 valence electrons. The van der Waals surface area contributed by atoms with Gasteiger partial charge in [-0.05, 0) is 64.1 Å². The molecule has 3 aromatic carbocycles. The van der Waals surface area contributed by atoms with Crippen LogP contribution in [-0.4, -0.2) is 52.5 Å². The fraction of sp³-hybridized carbons (Fsp3) is 0.265. The van der Waals surface area contributed by atoms with E-state index in [4.69, 9.17) is 24.7 Å². The number of aromatic nitrogens is 2. The van der Waals surface area contributed by atoms with Gasteiger partial charge in [0.1, 0.15) is 24.9 Å². The number of carbonyl (C=O) groups excluding carboxylic acids is 3. The largest absolute Gasteiger partial charge is 0.459 e. The summed E-state index contributed by atoms with van der Waals surface area (Å²) in [6.07, 6.45) is -3.65. The van der Waals surface area contributed by atoms with Crippen LogP contribution in [0.4, 0.5) is 5.69 Å². The second-order valence-corrected chi connectivity index (χ2v) is 11.2. The third-order valence-electron chi connectivity index (χ3n) is 7.79. The Labute approximate surface area is 259 Å². The Morgan fingerprint density at radius 2 is 1.36 bits per heavy atom. The number of H-pyrrole nitrogens is 1. The summed E-state index contributed by atoms with van der Waals surface area (Å²) in [5.41, 5.74) is 8.19. The normalized spacial score (nSPS) is 20.6. The molecular weight excluding hydrogens is 576 g/mol. The van der Waals surface area contributed by atoms with Crippen molar-refractivity contribution in [2.75, 3.05) is 12.3 Å². The molecule has 1 aliphatic heterocycles. The van der Waals surface area contributed by atoms with E-state index in [1.165, 1.54) is 6.92 Å². The number of aromatic amines is 1. The third kappa shape index (κ3) is 6.41. The Balaban J connectivity index is 1.54. The van der Waals surface area contributed by atoms with Gasteiger partial charge in [0.2, 0.25) is 0 Å². The Morgan fingerprint density at radius 3 is 1.84 bits per heavy atom. The zero-order valence-corrected chi connectivity index (χ0v) is 25.2.